The number of benzene rings is 2. The fourth-order valence-electron chi connectivity index (χ4n) is 5.21. The Labute approximate surface area is 199 Å². The summed E-state index contributed by atoms with van der Waals surface area (Å²) in [6, 6.07) is 12.7. The quantitative estimate of drug-likeness (QED) is 0.474. The number of imidazole rings is 1. The number of aromatic amines is 2. The van der Waals surface area contributed by atoms with Gasteiger partial charge in [-0.05, 0) is 63.3 Å². The fourth-order valence-corrected chi connectivity index (χ4v) is 5.21. The molecule has 0 radical (unpaired) electrons. The van der Waals surface area contributed by atoms with Crippen molar-refractivity contribution >= 4 is 27.6 Å². The van der Waals surface area contributed by atoms with Gasteiger partial charge in [0.05, 0.1) is 16.6 Å². The van der Waals surface area contributed by atoms with Gasteiger partial charge in [0, 0.05) is 49.9 Å². The molecule has 0 amide bonds. The molecule has 34 heavy (non-hydrogen) atoms. The first-order chi connectivity index (χ1) is 16.7. The minimum absolute atomic E-state index is 0.249. The van der Waals surface area contributed by atoms with Crippen LogP contribution in [0.2, 0.25) is 0 Å². The van der Waals surface area contributed by atoms with Crippen LogP contribution in [-0.2, 0) is 0 Å². The van der Waals surface area contributed by atoms with Crippen LogP contribution in [-0.4, -0.2) is 88.9 Å². The van der Waals surface area contributed by atoms with Gasteiger partial charge in [-0.2, -0.15) is 5.10 Å². The number of fused-ring (bicyclic) bond motifs is 2. The second kappa shape index (κ2) is 8.92. The molecule has 2 fully saturated rings. The molecule has 6 rings (SSSR count). The summed E-state index contributed by atoms with van der Waals surface area (Å²) < 4.78 is 6.32. The first-order valence-corrected chi connectivity index (χ1v) is 12.5. The van der Waals surface area contributed by atoms with Gasteiger partial charge in [-0.1, -0.05) is 6.92 Å². The van der Waals surface area contributed by atoms with Gasteiger partial charge in [0.15, 0.2) is 5.82 Å². The number of likely N-dealkylation sites (N-methyl/N-ethyl adjacent to an activating group) is 2. The van der Waals surface area contributed by atoms with Crippen LogP contribution in [0, 0.1) is 0 Å². The van der Waals surface area contributed by atoms with Crippen molar-refractivity contribution in [3.8, 4) is 17.3 Å². The molecule has 8 nitrogen and oxygen atoms in total. The second-order valence-electron chi connectivity index (χ2n) is 9.63. The Balaban J connectivity index is 1.23. The summed E-state index contributed by atoms with van der Waals surface area (Å²) in [4.78, 5) is 15.6. The number of ether oxygens (including phenoxy) is 1. The lowest BCUT2D eigenvalue weighted by Crippen LogP contribution is -2.44. The molecule has 4 heterocycles. The molecule has 0 spiro atoms. The Kier molecular flexibility index (Phi) is 5.63. The lowest BCUT2D eigenvalue weighted by molar-refractivity contribution is 0.0921. The van der Waals surface area contributed by atoms with Crippen LogP contribution in [0.1, 0.15) is 19.8 Å². The van der Waals surface area contributed by atoms with E-state index in [1.807, 2.05) is 0 Å². The number of nitrogens with zero attached hydrogens (tertiary/aromatic N) is 5. The van der Waals surface area contributed by atoms with Crippen LogP contribution < -0.4 is 9.64 Å². The summed E-state index contributed by atoms with van der Waals surface area (Å²) in [5, 5.41) is 8.82. The van der Waals surface area contributed by atoms with E-state index in [9.17, 15) is 0 Å². The molecule has 0 bridgehead atoms. The van der Waals surface area contributed by atoms with Crippen LogP contribution in [0.3, 0.4) is 0 Å². The van der Waals surface area contributed by atoms with Crippen LogP contribution in [0.5, 0.6) is 5.75 Å². The number of nitrogens with one attached hydrogen (secondary N) is 2. The third kappa shape index (κ3) is 4.12. The molecule has 2 aliphatic heterocycles. The van der Waals surface area contributed by atoms with Crippen molar-refractivity contribution in [1.29, 1.82) is 0 Å². The van der Waals surface area contributed by atoms with Gasteiger partial charge >= 0.3 is 0 Å². The van der Waals surface area contributed by atoms with E-state index in [0.29, 0.717) is 0 Å². The van der Waals surface area contributed by atoms with Gasteiger partial charge < -0.3 is 19.5 Å². The number of piperidine rings is 1. The van der Waals surface area contributed by atoms with E-state index in [4.69, 9.17) is 9.72 Å². The minimum Gasteiger partial charge on any atom is -0.489 e. The summed E-state index contributed by atoms with van der Waals surface area (Å²) in [6.07, 6.45) is 2.55. The summed E-state index contributed by atoms with van der Waals surface area (Å²) in [5.41, 5.74) is 5.05. The molecule has 1 atom stereocenters. The average Bonchev–Trinajstić information content (AvgIpc) is 3.47. The monoisotopic (exact) mass is 459 g/mol. The van der Waals surface area contributed by atoms with Crippen LogP contribution in [0.4, 0.5) is 5.69 Å². The van der Waals surface area contributed by atoms with Crippen molar-refractivity contribution < 1.29 is 4.74 Å². The van der Waals surface area contributed by atoms with Crippen molar-refractivity contribution in [3.63, 3.8) is 0 Å². The van der Waals surface area contributed by atoms with E-state index in [1.54, 1.807) is 0 Å². The van der Waals surface area contributed by atoms with E-state index in [-0.39, 0.29) is 6.10 Å². The van der Waals surface area contributed by atoms with E-state index in [1.165, 1.54) is 18.7 Å². The highest BCUT2D eigenvalue weighted by molar-refractivity contribution is 5.94. The molecule has 1 unspecified atom stereocenters. The SMILES string of the molecule is CCN1CCCC(Oc2ccc3c(-c4nc5ccc(N6CCN(C)CC6)cc5[nH]4)n[nH]c3c2)C1. The zero-order valence-corrected chi connectivity index (χ0v) is 20.0. The Bertz CT molecular complexity index is 1290. The van der Waals surface area contributed by atoms with Crippen molar-refractivity contribution in [2.24, 2.45) is 0 Å². The molecule has 2 saturated heterocycles. The van der Waals surface area contributed by atoms with E-state index in [2.05, 4.69) is 80.3 Å². The first-order valence-electron chi connectivity index (χ1n) is 12.5. The number of rotatable bonds is 5. The van der Waals surface area contributed by atoms with Crippen LogP contribution in [0.15, 0.2) is 36.4 Å². The van der Waals surface area contributed by atoms with E-state index >= 15 is 0 Å². The molecular weight excluding hydrogens is 426 g/mol. The third-order valence-electron chi connectivity index (χ3n) is 7.30. The van der Waals surface area contributed by atoms with Crippen molar-refractivity contribution in [2.45, 2.75) is 25.9 Å². The normalized spacial score (nSPS) is 20.4. The summed E-state index contributed by atoms with van der Waals surface area (Å²) in [5.74, 6) is 1.68. The Hall–Kier alpha value is -3.10. The van der Waals surface area contributed by atoms with Crippen molar-refractivity contribution in [1.82, 2.24) is 30.0 Å². The van der Waals surface area contributed by atoms with Gasteiger partial charge in [0.1, 0.15) is 17.5 Å². The standard InChI is InChI=1S/C26H33N7O/c1-3-32-10-4-5-20(17-32)34-19-7-8-21-23(16-19)29-30-25(21)26-27-22-9-6-18(15-24(22)28-26)33-13-11-31(2)12-14-33/h6-9,15-16,20H,3-5,10-14,17H2,1-2H3,(H,27,28)(H,29,30). The van der Waals surface area contributed by atoms with Gasteiger partial charge in [-0.3, -0.25) is 10.00 Å². The minimum atomic E-state index is 0.249. The maximum absolute atomic E-state index is 6.32. The number of piperazine rings is 1. The Morgan fingerprint density at radius 1 is 1.03 bits per heavy atom. The summed E-state index contributed by atoms with van der Waals surface area (Å²) >= 11 is 0. The summed E-state index contributed by atoms with van der Waals surface area (Å²) in [6.45, 7) is 9.75. The smallest absolute Gasteiger partial charge is 0.159 e. The molecule has 2 aromatic heterocycles. The van der Waals surface area contributed by atoms with Gasteiger partial charge in [-0.25, -0.2) is 4.98 Å². The van der Waals surface area contributed by atoms with Crippen molar-refractivity contribution in [2.75, 3.05) is 57.8 Å². The molecule has 2 N–H and O–H groups in total. The van der Waals surface area contributed by atoms with Gasteiger partial charge in [-0.15, -0.1) is 0 Å². The van der Waals surface area contributed by atoms with Gasteiger partial charge in [0.25, 0.3) is 0 Å². The number of aromatic nitrogens is 4. The predicted molar refractivity (Wildman–Crippen MR) is 137 cm³/mol. The highest BCUT2D eigenvalue weighted by Gasteiger charge is 2.21. The zero-order valence-electron chi connectivity index (χ0n) is 20.0. The maximum Gasteiger partial charge on any atom is 0.159 e. The Morgan fingerprint density at radius 3 is 2.76 bits per heavy atom. The molecule has 178 valence electrons. The number of hydrogen-bond donors (Lipinski definition) is 2. The number of H-pyrrole nitrogens is 2. The van der Waals surface area contributed by atoms with E-state index in [0.717, 1.165) is 84.9 Å². The van der Waals surface area contributed by atoms with Crippen LogP contribution >= 0.6 is 0 Å². The lowest BCUT2D eigenvalue weighted by Gasteiger charge is -2.34. The number of anilines is 1. The largest absolute Gasteiger partial charge is 0.489 e. The lowest BCUT2D eigenvalue weighted by atomic mass is 10.1. The summed E-state index contributed by atoms with van der Waals surface area (Å²) in [7, 11) is 2.18. The second-order valence-corrected chi connectivity index (χ2v) is 9.63. The van der Waals surface area contributed by atoms with Gasteiger partial charge in [0.2, 0.25) is 0 Å². The fraction of sp³-hybridized carbons (Fsp3) is 0.462. The Morgan fingerprint density at radius 2 is 1.91 bits per heavy atom. The highest BCUT2D eigenvalue weighted by atomic mass is 16.5. The number of hydrogen-bond acceptors (Lipinski definition) is 6. The average molecular weight is 460 g/mol. The highest BCUT2D eigenvalue weighted by Crippen LogP contribution is 2.30. The maximum atomic E-state index is 6.32. The molecule has 8 heteroatoms. The molecule has 2 aromatic carbocycles. The molecule has 0 saturated carbocycles. The molecule has 2 aliphatic rings. The topological polar surface area (TPSA) is 76.3 Å². The number of likely N-dealkylation sites (tertiary alicyclic amines) is 1. The van der Waals surface area contributed by atoms with E-state index < -0.39 is 0 Å². The first kappa shape index (κ1) is 21.4. The molecule has 4 aromatic rings. The molecule has 0 aliphatic carbocycles. The molecular formula is C26H33N7O. The van der Waals surface area contributed by atoms with Crippen LogP contribution in [0.25, 0.3) is 33.5 Å². The zero-order chi connectivity index (χ0) is 23.1. The predicted octanol–water partition coefficient (Wildman–Crippen LogP) is 3.72. The third-order valence-corrected chi connectivity index (χ3v) is 7.30. The van der Waals surface area contributed by atoms with Crippen molar-refractivity contribution in [3.05, 3.63) is 36.4 Å².